The number of carbonyl (C=O) groups excluding carboxylic acids is 1. The van der Waals surface area contributed by atoms with Gasteiger partial charge in [0.05, 0.1) is 5.92 Å². The predicted molar refractivity (Wildman–Crippen MR) is 70.7 cm³/mol. The molecule has 3 N–H and O–H groups in total. The van der Waals surface area contributed by atoms with Crippen molar-refractivity contribution in [2.75, 3.05) is 27.2 Å². The molecule has 0 saturated heterocycles. The van der Waals surface area contributed by atoms with Gasteiger partial charge in [0, 0.05) is 12.6 Å². The van der Waals surface area contributed by atoms with Crippen molar-refractivity contribution in [3.8, 4) is 0 Å². The van der Waals surface area contributed by atoms with Crippen LogP contribution in [0.5, 0.6) is 0 Å². The van der Waals surface area contributed by atoms with E-state index in [9.17, 15) is 4.79 Å². The first kappa shape index (κ1) is 14.5. The molecule has 1 amide bonds. The maximum atomic E-state index is 12.0. The van der Waals surface area contributed by atoms with Crippen molar-refractivity contribution in [1.82, 2.24) is 10.2 Å². The molecule has 0 aliphatic heterocycles. The summed E-state index contributed by atoms with van der Waals surface area (Å²) in [5.74, 6) is 0.655. The van der Waals surface area contributed by atoms with Gasteiger partial charge in [-0.1, -0.05) is 13.3 Å². The van der Waals surface area contributed by atoms with Crippen LogP contribution < -0.4 is 11.1 Å². The molecule has 100 valence electrons. The van der Waals surface area contributed by atoms with Gasteiger partial charge in [0.2, 0.25) is 5.91 Å². The zero-order valence-corrected chi connectivity index (χ0v) is 11.4. The summed E-state index contributed by atoms with van der Waals surface area (Å²) >= 11 is 0. The van der Waals surface area contributed by atoms with E-state index in [0.29, 0.717) is 5.92 Å². The van der Waals surface area contributed by atoms with Crippen LogP contribution in [0.3, 0.4) is 0 Å². The molecule has 1 aliphatic carbocycles. The molecule has 0 aromatic carbocycles. The van der Waals surface area contributed by atoms with Crippen molar-refractivity contribution in [2.45, 2.75) is 38.6 Å². The molecule has 4 heteroatoms. The van der Waals surface area contributed by atoms with E-state index in [4.69, 9.17) is 5.73 Å². The highest BCUT2D eigenvalue weighted by Crippen LogP contribution is 2.27. The van der Waals surface area contributed by atoms with Gasteiger partial charge in [-0.3, -0.25) is 4.79 Å². The van der Waals surface area contributed by atoms with Gasteiger partial charge in [0.15, 0.2) is 0 Å². The molecule has 0 bridgehead atoms. The monoisotopic (exact) mass is 241 g/mol. The number of hydrogen-bond acceptors (Lipinski definition) is 3. The topological polar surface area (TPSA) is 58.4 Å². The van der Waals surface area contributed by atoms with Crippen LogP contribution in [0.15, 0.2) is 0 Å². The number of rotatable bonds is 5. The maximum Gasteiger partial charge on any atom is 0.224 e. The predicted octanol–water partition coefficient (Wildman–Crippen LogP) is 0.818. The molecule has 17 heavy (non-hydrogen) atoms. The quantitative estimate of drug-likeness (QED) is 0.701. The van der Waals surface area contributed by atoms with Gasteiger partial charge in [-0.05, 0) is 45.8 Å². The van der Waals surface area contributed by atoms with Crippen LogP contribution in [0, 0.1) is 11.8 Å². The van der Waals surface area contributed by atoms with Crippen molar-refractivity contribution < 1.29 is 4.79 Å². The first-order valence-electron chi connectivity index (χ1n) is 6.70. The van der Waals surface area contributed by atoms with Crippen LogP contribution >= 0.6 is 0 Å². The summed E-state index contributed by atoms with van der Waals surface area (Å²) in [5.41, 5.74) is 6.11. The Morgan fingerprint density at radius 3 is 2.76 bits per heavy atom. The number of hydrogen-bond donors (Lipinski definition) is 2. The summed E-state index contributed by atoms with van der Waals surface area (Å²) in [6, 6.07) is 0.0394. The molecule has 0 aromatic heterocycles. The molecule has 1 fully saturated rings. The molecule has 0 radical (unpaired) electrons. The minimum atomic E-state index is 0.0260. The smallest absolute Gasteiger partial charge is 0.224 e. The second-order valence-corrected chi connectivity index (χ2v) is 5.54. The lowest BCUT2D eigenvalue weighted by Crippen LogP contribution is -2.47. The summed E-state index contributed by atoms with van der Waals surface area (Å²) < 4.78 is 0. The molecule has 0 spiro atoms. The average molecular weight is 241 g/mol. The van der Waals surface area contributed by atoms with Crippen molar-refractivity contribution >= 4 is 5.91 Å². The highest BCUT2D eigenvalue weighted by molar-refractivity contribution is 5.79. The molecule has 1 rings (SSSR count). The maximum absolute atomic E-state index is 12.0. The third kappa shape index (κ3) is 4.64. The Labute approximate surface area is 105 Å². The van der Waals surface area contributed by atoms with Gasteiger partial charge in [0.1, 0.15) is 0 Å². The van der Waals surface area contributed by atoms with Crippen molar-refractivity contribution in [3.63, 3.8) is 0 Å². The molecule has 1 aliphatic rings. The number of carbonyl (C=O) groups is 1. The summed E-state index contributed by atoms with van der Waals surface area (Å²) in [7, 11) is 4.08. The van der Waals surface area contributed by atoms with E-state index in [1.807, 2.05) is 14.1 Å². The van der Waals surface area contributed by atoms with Crippen molar-refractivity contribution in [2.24, 2.45) is 17.6 Å². The van der Waals surface area contributed by atoms with E-state index in [0.717, 1.165) is 38.8 Å². The minimum Gasteiger partial charge on any atom is -0.356 e. The van der Waals surface area contributed by atoms with Gasteiger partial charge < -0.3 is 16.0 Å². The largest absolute Gasteiger partial charge is 0.356 e. The minimum absolute atomic E-state index is 0.0260. The van der Waals surface area contributed by atoms with Crippen LogP contribution in [0.4, 0.5) is 0 Å². The van der Waals surface area contributed by atoms with Crippen LogP contribution in [-0.2, 0) is 4.79 Å². The molecule has 1 saturated carbocycles. The Hall–Kier alpha value is -0.610. The van der Waals surface area contributed by atoms with Gasteiger partial charge >= 0.3 is 0 Å². The van der Waals surface area contributed by atoms with Crippen LogP contribution in [-0.4, -0.2) is 44.0 Å². The zero-order valence-electron chi connectivity index (χ0n) is 11.4. The standard InChI is InChI=1S/C13H27N3O/c1-10-6-4-7-11(12(10)14)13(17)15-8-5-9-16(2)3/h10-12H,4-9,14H2,1-3H3,(H,15,17). The van der Waals surface area contributed by atoms with Gasteiger partial charge in [-0.25, -0.2) is 0 Å². The first-order valence-corrected chi connectivity index (χ1v) is 6.70. The Morgan fingerprint density at radius 1 is 1.41 bits per heavy atom. The normalized spacial score (nSPS) is 29.4. The summed E-state index contributed by atoms with van der Waals surface area (Å²) in [4.78, 5) is 14.1. The van der Waals surface area contributed by atoms with Gasteiger partial charge in [-0.15, -0.1) is 0 Å². The van der Waals surface area contributed by atoms with E-state index in [1.54, 1.807) is 0 Å². The van der Waals surface area contributed by atoms with E-state index in [1.165, 1.54) is 0 Å². The third-order valence-electron chi connectivity index (χ3n) is 3.71. The molecule has 3 unspecified atom stereocenters. The van der Waals surface area contributed by atoms with E-state index < -0.39 is 0 Å². The second-order valence-electron chi connectivity index (χ2n) is 5.54. The molecule has 3 atom stereocenters. The zero-order chi connectivity index (χ0) is 12.8. The Morgan fingerprint density at radius 2 is 2.12 bits per heavy atom. The number of nitrogens with zero attached hydrogens (tertiary/aromatic N) is 1. The van der Waals surface area contributed by atoms with Crippen molar-refractivity contribution in [3.05, 3.63) is 0 Å². The molecular weight excluding hydrogens is 214 g/mol. The third-order valence-corrected chi connectivity index (χ3v) is 3.71. The van der Waals surface area contributed by atoms with E-state index >= 15 is 0 Å². The lowest BCUT2D eigenvalue weighted by molar-refractivity contribution is -0.127. The number of nitrogens with one attached hydrogen (secondary N) is 1. The fraction of sp³-hybridized carbons (Fsp3) is 0.923. The fourth-order valence-electron chi connectivity index (χ4n) is 2.49. The van der Waals surface area contributed by atoms with Gasteiger partial charge in [0.25, 0.3) is 0 Å². The van der Waals surface area contributed by atoms with Crippen LogP contribution in [0.25, 0.3) is 0 Å². The second kappa shape index (κ2) is 6.97. The van der Waals surface area contributed by atoms with Crippen LogP contribution in [0.1, 0.15) is 32.6 Å². The van der Waals surface area contributed by atoms with Crippen LogP contribution in [0.2, 0.25) is 0 Å². The summed E-state index contributed by atoms with van der Waals surface area (Å²) in [6.07, 6.45) is 4.23. The van der Waals surface area contributed by atoms with Gasteiger partial charge in [-0.2, -0.15) is 0 Å². The lowest BCUT2D eigenvalue weighted by Gasteiger charge is -2.32. The Balaban J connectivity index is 2.27. The van der Waals surface area contributed by atoms with E-state index in [2.05, 4.69) is 17.1 Å². The summed E-state index contributed by atoms with van der Waals surface area (Å²) in [6.45, 7) is 3.91. The molecule has 0 heterocycles. The first-order chi connectivity index (χ1) is 8.02. The number of nitrogens with two attached hydrogens (primary N) is 1. The Kier molecular flexibility index (Phi) is 5.92. The number of amides is 1. The average Bonchev–Trinajstić information content (AvgIpc) is 2.27. The SMILES string of the molecule is CC1CCCC(C(=O)NCCCN(C)C)C1N. The lowest BCUT2D eigenvalue weighted by atomic mass is 9.78. The summed E-state index contributed by atoms with van der Waals surface area (Å²) in [5, 5.41) is 3.01. The molecule has 0 aromatic rings. The van der Waals surface area contributed by atoms with Crippen molar-refractivity contribution in [1.29, 1.82) is 0 Å². The van der Waals surface area contributed by atoms with E-state index in [-0.39, 0.29) is 17.9 Å². The fourth-order valence-corrected chi connectivity index (χ4v) is 2.49. The molecule has 4 nitrogen and oxygen atoms in total. The Bertz CT molecular complexity index is 243. The molecular formula is C13H27N3O. The highest BCUT2D eigenvalue weighted by Gasteiger charge is 2.32. The highest BCUT2D eigenvalue weighted by atomic mass is 16.1.